The van der Waals surface area contributed by atoms with Crippen molar-refractivity contribution in [3.05, 3.63) is 34.4 Å². The zero-order valence-corrected chi connectivity index (χ0v) is 12.9. The topological polar surface area (TPSA) is 38.5 Å². The molecule has 2 fully saturated rings. The molecule has 3 atom stereocenters. The highest BCUT2D eigenvalue weighted by Crippen LogP contribution is 2.29. The summed E-state index contributed by atoms with van der Waals surface area (Å²) in [4.78, 5) is 2.56. The summed E-state index contributed by atoms with van der Waals surface area (Å²) in [6.07, 6.45) is 2.72. The molecule has 3 nitrogen and oxygen atoms in total. The first-order valence-electron chi connectivity index (χ1n) is 7.75. The normalized spacial score (nSPS) is 28.4. The van der Waals surface area contributed by atoms with Gasteiger partial charge in [0.2, 0.25) is 0 Å². The van der Waals surface area contributed by atoms with Gasteiger partial charge in [-0.25, -0.2) is 0 Å². The number of ether oxygens (including phenoxy) is 1. The minimum atomic E-state index is -0.0177. The lowest BCUT2D eigenvalue weighted by atomic mass is 9.92. The van der Waals surface area contributed by atoms with Crippen LogP contribution in [0.3, 0.4) is 0 Å². The molecule has 3 heteroatoms. The summed E-state index contributed by atoms with van der Waals surface area (Å²) in [6, 6.07) is 5.11. The lowest BCUT2D eigenvalue weighted by molar-refractivity contribution is -0.0597. The highest BCUT2D eigenvalue weighted by molar-refractivity contribution is 5.38. The maximum Gasteiger partial charge on any atom is 0.0895 e. The molecule has 110 valence electrons. The van der Waals surface area contributed by atoms with E-state index in [9.17, 15) is 0 Å². The number of rotatable bonds is 2. The Hall–Kier alpha value is -0.900. The van der Waals surface area contributed by atoms with Gasteiger partial charge in [0.15, 0.2) is 0 Å². The third-order valence-corrected chi connectivity index (χ3v) is 5.06. The Morgan fingerprint density at radius 3 is 2.75 bits per heavy atom. The Bertz CT molecular complexity index is 500. The van der Waals surface area contributed by atoms with Crippen molar-refractivity contribution in [1.29, 1.82) is 0 Å². The van der Waals surface area contributed by atoms with E-state index in [1.807, 2.05) is 0 Å². The number of hydrogen-bond acceptors (Lipinski definition) is 3. The van der Waals surface area contributed by atoms with Gasteiger partial charge >= 0.3 is 0 Å². The van der Waals surface area contributed by atoms with Gasteiger partial charge < -0.3 is 10.5 Å². The van der Waals surface area contributed by atoms with Crippen LogP contribution in [0.4, 0.5) is 0 Å². The SMILES string of the molecule is Cc1cc(C)c(C(N)C2CN3CCCC3CO2)cc1C. The maximum atomic E-state index is 6.52. The Morgan fingerprint density at radius 1 is 1.20 bits per heavy atom. The van der Waals surface area contributed by atoms with Crippen LogP contribution in [0.5, 0.6) is 0 Å². The number of nitrogens with zero attached hydrogens (tertiary/aromatic N) is 1. The van der Waals surface area contributed by atoms with Crippen LogP contribution in [0, 0.1) is 20.8 Å². The first-order chi connectivity index (χ1) is 9.56. The quantitative estimate of drug-likeness (QED) is 0.900. The predicted molar refractivity (Wildman–Crippen MR) is 81.9 cm³/mol. The fourth-order valence-corrected chi connectivity index (χ4v) is 3.60. The van der Waals surface area contributed by atoms with Gasteiger partial charge in [-0.15, -0.1) is 0 Å². The van der Waals surface area contributed by atoms with E-state index in [1.165, 1.54) is 41.6 Å². The Balaban J connectivity index is 1.78. The average molecular weight is 274 g/mol. The second-order valence-corrected chi connectivity index (χ2v) is 6.48. The van der Waals surface area contributed by atoms with E-state index >= 15 is 0 Å². The Kier molecular flexibility index (Phi) is 3.85. The van der Waals surface area contributed by atoms with Crippen LogP contribution in [0.25, 0.3) is 0 Å². The van der Waals surface area contributed by atoms with Crippen LogP contribution in [0.1, 0.15) is 41.1 Å². The van der Waals surface area contributed by atoms with Crippen molar-refractivity contribution in [3.8, 4) is 0 Å². The van der Waals surface area contributed by atoms with Gasteiger partial charge in [-0.3, -0.25) is 4.90 Å². The van der Waals surface area contributed by atoms with Gasteiger partial charge in [0.25, 0.3) is 0 Å². The second kappa shape index (κ2) is 5.47. The van der Waals surface area contributed by atoms with Crippen LogP contribution in [-0.4, -0.2) is 36.7 Å². The first-order valence-corrected chi connectivity index (χ1v) is 7.75. The number of fused-ring (bicyclic) bond motifs is 1. The summed E-state index contributed by atoms with van der Waals surface area (Å²) in [6.45, 7) is 9.51. The van der Waals surface area contributed by atoms with Crippen molar-refractivity contribution in [2.45, 2.75) is 51.8 Å². The van der Waals surface area contributed by atoms with Crippen molar-refractivity contribution < 1.29 is 4.74 Å². The van der Waals surface area contributed by atoms with E-state index in [2.05, 4.69) is 37.8 Å². The zero-order valence-electron chi connectivity index (χ0n) is 12.9. The molecule has 0 aliphatic carbocycles. The molecular formula is C17H26N2O. The number of hydrogen-bond donors (Lipinski definition) is 1. The van der Waals surface area contributed by atoms with Crippen molar-refractivity contribution in [3.63, 3.8) is 0 Å². The minimum absolute atomic E-state index is 0.0177. The molecule has 2 aliphatic heterocycles. The van der Waals surface area contributed by atoms with E-state index in [1.54, 1.807) is 0 Å². The molecule has 2 saturated heterocycles. The molecule has 2 N–H and O–H groups in total. The summed E-state index contributed by atoms with van der Waals surface area (Å²) in [5.41, 5.74) is 11.7. The Morgan fingerprint density at radius 2 is 1.95 bits per heavy atom. The molecule has 1 aromatic carbocycles. The van der Waals surface area contributed by atoms with Crippen LogP contribution < -0.4 is 5.73 Å². The number of nitrogens with two attached hydrogens (primary N) is 1. The van der Waals surface area contributed by atoms with Gasteiger partial charge in [-0.2, -0.15) is 0 Å². The molecule has 3 unspecified atom stereocenters. The first kappa shape index (κ1) is 14.1. The molecule has 0 radical (unpaired) electrons. The monoisotopic (exact) mass is 274 g/mol. The number of morpholine rings is 1. The summed E-state index contributed by atoms with van der Waals surface area (Å²) in [5, 5.41) is 0. The van der Waals surface area contributed by atoms with E-state index in [0.717, 1.165) is 13.2 Å². The van der Waals surface area contributed by atoms with Crippen molar-refractivity contribution in [1.82, 2.24) is 4.90 Å². The van der Waals surface area contributed by atoms with E-state index < -0.39 is 0 Å². The minimum Gasteiger partial charge on any atom is -0.373 e. The smallest absolute Gasteiger partial charge is 0.0895 e. The lowest BCUT2D eigenvalue weighted by Gasteiger charge is -2.38. The molecule has 0 aromatic heterocycles. The van der Waals surface area contributed by atoms with Crippen LogP contribution in [0.2, 0.25) is 0 Å². The third kappa shape index (κ3) is 2.50. The Labute approximate surface area is 122 Å². The lowest BCUT2D eigenvalue weighted by Crippen LogP contribution is -2.49. The zero-order chi connectivity index (χ0) is 14.3. The largest absolute Gasteiger partial charge is 0.373 e. The van der Waals surface area contributed by atoms with Crippen molar-refractivity contribution >= 4 is 0 Å². The molecule has 2 aliphatic rings. The highest BCUT2D eigenvalue weighted by Gasteiger charge is 2.35. The van der Waals surface area contributed by atoms with Crippen LogP contribution >= 0.6 is 0 Å². The molecular weight excluding hydrogens is 248 g/mol. The molecule has 1 aromatic rings. The van der Waals surface area contributed by atoms with Gasteiger partial charge in [-0.05, 0) is 62.4 Å². The van der Waals surface area contributed by atoms with Gasteiger partial charge in [-0.1, -0.05) is 12.1 Å². The summed E-state index contributed by atoms with van der Waals surface area (Å²) in [5.74, 6) is 0. The molecule has 2 heterocycles. The molecule has 0 spiro atoms. The fourth-order valence-electron chi connectivity index (χ4n) is 3.60. The number of benzene rings is 1. The average Bonchev–Trinajstić information content (AvgIpc) is 2.89. The number of aryl methyl sites for hydroxylation is 3. The van der Waals surface area contributed by atoms with Crippen LogP contribution in [0.15, 0.2) is 12.1 Å². The summed E-state index contributed by atoms with van der Waals surface area (Å²) in [7, 11) is 0. The fraction of sp³-hybridized carbons (Fsp3) is 0.647. The van der Waals surface area contributed by atoms with Gasteiger partial charge in [0, 0.05) is 12.6 Å². The van der Waals surface area contributed by atoms with Crippen molar-refractivity contribution in [2.24, 2.45) is 5.73 Å². The van der Waals surface area contributed by atoms with Crippen LogP contribution in [-0.2, 0) is 4.74 Å². The maximum absolute atomic E-state index is 6.52. The highest BCUT2D eigenvalue weighted by atomic mass is 16.5. The molecule has 0 bridgehead atoms. The third-order valence-electron chi connectivity index (χ3n) is 5.06. The molecule has 0 amide bonds. The molecule has 20 heavy (non-hydrogen) atoms. The standard InChI is InChI=1S/C17H26N2O/c1-11-7-13(3)15(8-12(11)2)17(18)16-9-19-6-4-5-14(19)10-20-16/h7-8,14,16-17H,4-6,9-10,18H2,1-3H3. The second-order valence-electron chi connectivity index (χ2n) is 6.48. The predicted octanol–water partition coefficient (Wildman–Crippen LogP) is 2.47. The van der Waals surface area contributed by atoms with E-state index in [4.69, 9.17) is 10.5 Å². The van der Waals surface area contributed by atoms with Crippen molar-refractivity contribution in [2.75, 3.05) is 19.7 Å². The molecule has 0 saturated carbocycles. The summed E-state index contributed by atoms with van der Waals surface area (Å²) >= 11 is 0. The molecule has 3 rings (SSSR count). The summed E-state index contributed by atoms with van der Waals surface area (Å²) < 4.78 is 6.07. The van der Waals surface area contributed by atoms with E-state index in [0.29, 0.717) is 6.04 Å². The van der Waals surface area contributed by atoms with Gasteiger partial charge in [0.05, 0.1) is 18.8 Å². The van der Waals surface area contributed by atoms with E-state index in [-0.39, 0.29) is 12.1 Å². The van der Waals surface area contributed by atoms with Gasteiger partial charge in [0.1, 0.15) is 0 Å².